The van der Waals surface area contributed by atoms with E-state index < -0.39 is 0 Å². The predicted molar refractivity (Wildman–Crippen MR) is 74.8 cm³/mol. The summed E-state index contributed by atoms with van der Waals surface area (Å²) in [5.74, 6) is 0.0408. The van der Waals surface area contributed by atoms with E-state index in [9.17, 15) is 4.79 Å². The number of hydrogen-bond donors (Lipinski definition) is 2. The highest BCUT2D eigenvalue weighted by molar-refractivity contribution is 5.92. The standard InChI is InChI=1S/C15H23NO2/c1-3-12-8-7-9-13(4-2)15(12)16-14(18)10-5-6-11-17/h7-9,17H,3-6,10-11H2,1-2H3,(H,16,18). The largest absolute Gasteiger partial charge is 0.396 e. The number of rotatable bonds is 7. The van der Waals surface area contributed by atoms with Gasteiger partial charge in [-0.25, -0.2) is 0 Å². The van der Waals surface area contributed by atoms with Crippen LogP contribution in [0.4, 0.5) is 5.69 Å². The second-order valence-electron chi connectivity index (χ2n) is 4.39. The molecule has 0 aliphatic rings. The summed E-state index contributed by atoms with van der Waals surface area (Å²) in [6, 6.07) is 6.16. The highest BCUT2D eigenvalue weighted by Crippen LogP contribution is 2.22. The molecular weight excluding hydrogens is 226 g/mol. The molecule has 0 aromatic heterocycles. The molecule has 100 valence electrons. The van der Waals surface area contributed by atoms with Crippen molar-refractivity contribution in [2.75, 3.05) is 11.9 Å². The Morgan fingerprint density at radius 3 is 2.28 bits per heavy atom. The molecule has 3 heteroatoms. The first-order chi connectivity index (χ1) is 8.72. The number of nitrogens with one attached hydrogen (secondary N) is 1. The van der Waals surface area contributed by atoms with Gasteiger partial charge in [-0.1, -0.05) is 32.0 Å². The van der Waals surface area contributed by atoms with Crippen LogP contribution in [0.1, 0.15) is 44.2 Å². The maximum atomic E-state index is 11.8. The second kappa shape index (κ2) is 7.88. The molecule has 0 heterocycles. The number of aliphatic hydroxyl groups excluding tert-OH is 1. The van der Waals surface area contributed by atoms with Crippen LogP contribution in [0.25, 0.3) is 0 Å². The van der Waals surface area contributed by atoms with Crippen LogP contribution in [0.2, 0.25) is 0 Å². The molecule has 0 radical (unpaired) electrons. The van der Waals surface area contributed by atoms with Crippen LogP contribution in [0.15, 0.2) is 18.2 Å². The summed E-state index contributed by atoms with van der Waals surface area (Å²) in [5.41, 5.74) is 3.35. The van der Waals surface area contributed by atoms with E-state index in [-0.39, 0.29) is 12.5 Å². The van der Waals surface area contributed by atoms with Gasteiger partial charge in [0.15, 0.2) is 0 Å². The number of para-hydroxylation sites is 1. The van der Waals surface area contributed by atoms with E-state index in [1.807, 2.05) is 6.07 Å². The first-order valence-corrected chi connectivity index (χ1v) is 6.74. The molecular formula is C15H23NO2. The number of aliphatic hydroxyl groups is 1. The minimum Gasteiger partial charge on any atom is -0.396 e. The quantitative estimate of drug-likeness (QED) is 0.730. The summed E-state index contributed by atoms with van der Waals surface area (Å²) in [7, 11) is 0. The molecule has 0 aliphatic carbocycles. The Bertz CT molecular complexity index is 366. The van der Waals surface area contributed by atoms with Gasteiger partial charge in [-0.3, -0.25) is 4.79 Å². The van der Waals surface area contributed by atoms with Crippen molar-refractivity contribution in [3.63, 3.8) is 0 Å². The average molecular weight is 249 g/mol. The minimum atomic E-state index is 0.0408. The SMILES string of the molecule is CCc1cccc(CC)c1NC(=O)CCCCO. The first-order valence-electron chi connectivity index (χ1n) is 6.74. The van der Waals surface area contributed by atoms with Crippen molar-refractivity contribution in [3.05, 3.63) is 29.3 Å². The Hall–Kier alpha value is -1.35. The highest BCUT2D eigenvalue weighted by Gasteiger charge is 2.09. The third-order valence-corrected chi connectivity index (χ3v) is 3.08. The van der Waals surface area contributed by atoms with Crippen LogP contribution in [-0.2, 0) is 17.6 Å². The van der Waals surface area contributed by atoms with Crippen LogP contribution in [0.5, 0.6) is 0 Å². The lowest BCUT2D eigenvalue weighted by molar-refractivity contribution is -0.116. The van der Waals surface area contributed by atoms with Gasteiger partial charge in [0.25, 0.3) is 0 Å². The number of unbranched alkanes of at least 4 members (excludes halogenated alkanes) is 1. The van der Waals surface area contributed by atoms with Gasteiger partial charge in [0.1, 0.15) is 0 Å². The Kier molecular flexibility index (Phi) is 6.44. The Balaban J connectivity index is 2.72. The molecule has 18 heavy (non-hydrogen) atoms. The van der Waals surface area contributed by atoms with Crippen molar-refractivity contribution in [2.45, 2.75) is 46.0 Å². The summed E-state index contributed by atoms with van der Waals surface area (Å²) in [5, 5.41) is 11.7. The van der Waals surface area contributed by atoms with E-state index in [1.54, 1.807) is 0 Å². The molecule has 1 aromatic carbocycles. The first kappa shape index (κ1) is 14.7. The van der Waals surface area contributed by atoms with Gasteiger partial charge < -0.3 is 10.4 Å². The van der Waals surface area contributed by atoms with Crippen LogP contribution in [0.3, 0.4) is 0 Å². The third kappa shape index (κ3) is 4.15. The van der Waals surface area contributed by atoms with E-state index in [2.05, 4.69) is 31.3 Å². The molecule has 0 saturated heterocycles. The van der Waals surface area contributed by atoms with E-state index in [4.69, 9.17) is 5.11 Å². The zero-order valence-electron chi connectivity index (χ0n) is 11.3. The van der Waals surface area contributed by atoms with Gasteiger partial charge in [0.2, 0.25) is 5.91 Å². The van der Waals surface area contributed by atoms with Crippen molar-refractivity contribution in [1.29, 1.82) is 0 Å². The fourth-order valence-corrected chi connectivity index (χ4v) is 2.00. The summed E-state index contributed by atoms with van der Waals surface area (Å²) < 4.78 is 0. The summed E-state index contributed by atoms with van der Waals surface area (Å²) >= 11 is 0. The number of carbonyl (C=O) groups is 1. The average Bonchev–Trinajstić information content (AvgIpc) is 2.39. The summed E-state index contributed by atoms with van der Waals surface area (Å²) in [4.78, 5) is 11.8. The van der Waals surface area contributed by atoms with Crippen molar-refractivity contribution in [1.82, 2.24) is 0 Å². The number of carbonyl (C=O) groups excluding carboxylic acids is 1. The Morgan fingerprint density at radius 2 is 1.78 bits per heavy atom. The number of aryl methyl sites for hydroxylation is 2. The molecule has 0 bridgehead atoms. The fourth-order valence-electron chi connectivity index (χ4n) is 2.00. The van der Waals surface area contributed by atoms with E-state index in [1.165, 1.54) is 11.1 Å². The summed E-state index contributed by atoms with van der Waals surface area (Å²) in [6.07, 6.45) is 3.73. The van der Waals surface area contributed by atoms with Gasteiger partial charge in [-0.2, -0.15) is 0 Å². The third-order valence-electron chi connectivity index (χ3n) is 3.08. The van der Waals surface area contributed by atoms with Crippen LogP contribution < -0.4 is 5.32 Å². The fraction of sp³-hybridized carbons (Fsp3) is 0.533. The lowest BCUT2D eigenvalue weighted by atomic mass is 10.0. The molecule has 0 atom stereocenters. The van der Waals surface area contributed by atoms with Gasteiger partial charge in [0, 0.05) is 18.7 Å². The smallest absolute Gasteiger partial charge is 0.224 e. The number of anilines is 1. The predicted octanol–water partition coefficient (Wildman–Crippen LogP) is 2.91. The van der Waals surface area contributed by atoms with Gasteiger partial charge in [-0.05, 0) is 36.8 Å². The maximum absolute atomic E-state index is 11.8. The number of amides is 1. The van der Waals surface area contributed by atoms with Crippen molar-refractivity contribution < 1.29 is 9.90 Å². The number of benzene rings is 1. The Morgan fingerprint density at radius 1 is 1.17 bits per heavy atom. The molecule has 0 spiro atoms. The molecule has 0 saturated carbocycles. The molecule has 1 aromatic rings. The van der Waals surface area contributed by atoms with E-state index >= 15 is 0 Å². The van der Waals surface area contributed by atoms with Crippen molar-refractivity contribution in [2.24, 2.45) is 0 Å². The molecule has 2 N–H and O–H groups in total. The zero-order chi connectivity index (χ0) is 13.4. The van der Waals surface area contributed by atoms with E-state index in [0.29, 0.717) is 12.8 Å². The van der Waals surface area contributed by atoms with Gasteiger partial charge in [-0.15, -0.1) is 0 Å². The Labute approximate surface area is 109 Å². The topological polar surface area (TPSA) is 49.3 Å². The van der Waals surface area contributed by atoms with Gasteiger partial charge in [0.05, 0.1) is 0 Å². The second-order valence-corrected chi connectivity index (χ2v) is 4.39. The minimum absolute atomic E-state index is 0.0408. The summed E-state index contributed by atoms with van der Waals surface area (Å²) in [6.45, 7) is 4.34. The lowest BCUT2D eigenvalue weighted by Crippen LogP contribution is -2.14. The molecule has 0 aliphatic heterocycles. The normalized spacial score (nSPS) is 10.4. The number of hydrogen-bond acceptors (Lipinski definition) is 2. The molecule has 1 amide bonds. The maximum Gasteiger partial charge on any atom is 0.224 e. The molecule has 0 fully saturated rings. The molecule has 0 unspecified atom stereocenters. The van der Waals surface area contributed by atoms with Crippen molar-refractivity contribution >= 4 is 11.6 Å². The van der Waals surface area contributed by atoms with E-state index in [0.717, 1.165) is 24.9 Å². The molecule has 1 rings (SSSR count). The lowest BCUT2D eigenvalue weighted by Gasteiger charge is -2.14. The highest BCUT2D eigenvalue weighted by atomic mass is 16.2. The van der Waals surface area contributed by atoms with Crippen molar-refractivity contribution in [3.8, 4) is 0 Å². The van der Waals surface area contributed by atoms with Gasteiger partial charge >= 0.3 is 0 Å². The zero-order valence-corrected chi connectivity index (χ0v) is 11.3. The van der Waals surface area contributed by atoms with Crippen LogP contribution in [-0.4, -0.2) is 17.6 Å². The van der Waals surface area contributed by atoms with Crippen LogP contribution in [0, 0.1) is 0 Å². The monoisotopic (exact) mass is 249 g/mol. The molecule has 3 nitrogen and oxygen atoms in total. The van der Waals surface area contributed by atoms with Crippen LogP contribution >= 0.6 is 0 Å².